The van der Waals surface area contributed by atoms with E-state index in [0.717, 1.165) is 16.0 Å². The molecule has 2 aromatic rings. The Morgan fingerprint density at radius 1 is 1.40 bits per heavy atom. The van der Waals surface area contributed by atoms with Gasteiger partial charge in [-0.2, -0.15) is 0 Å². The number of benzene rings is 1. The molecule has 0 bridgehead atoms. The standard InChI is InChI=1S/C11H9NO2S/c1-7-8(10-5-6-12-15-10)3-2-4-9(7)11(13)14/h2-6H,1H3,(H,13,14). The number of carbonyl (C=O) groups is 1. The van der Waals surface area contributed by atoms with Crippen LogP contribution in [-0.4, -0.2) is 15.4 Å². The third kappa shape index (κ3) is 1.76. The highest BCUT2D eigenvalue weighted by molar-refractivity contribution is 7.09. The Morgan fingerprint density at radius 2 is 2.20 bits per heavy atom. The maximum atomic E-state index is 10.9. The van der Waals surface area contributed by atoms with Gasteiger partial charge in [-0.3, -0.25) is 0 Å². The van der Waals surface area contributed by atoms with Crippen molar-refractivity contribution in [2.75, 3.05) is 0 Å². The average Bonchev–Trinajstić information content (AvgIpc) is 2.70. The maximum Gasteiger partial charge on any atom is 0.335 e. The van der Waals surface area contributed by atoms with E-state index >= 15 is 0 Å². The van der Waals surface area contributed by atoms with Gasteiger partial charge in [0.25, 0.3) is 0 Å². The van der Waals surface area contributed by atoms with Crippen LogP contribution in [0.2, 0.25) is 0 Å². The predicted molar refractivity (Wildman–Crippen MR) is 59.2 cm³/mol. The van der Waals surface area contributed by atoms with Gasteiger partial charge in [-0.25, -0.2) is 9.17 Å². The first-order chi connectivity index (χ1) is 7.20. The van der Waals surface area contributed by atoms with Crippen molar-refractivity contribution < 1.29 is 9.90 Å². The second-order valence-corrected chi connectivity index (χ2v) is 3.99. The van der Waals surface area contributed by atoms with Gasteiger partial charge in [0.15, 0.2) is 0 Å². The van der Waals surface area contributed by atoms with Crippen LogP contribution in [0.1, 0.15) is 15.9 Å². The van der Waals surface area contributed by atoms with E-state index in [0.29, 0.717) is 5.56 Å². The van der Waals surface area contributed by atoms with Crippen LogP contribution in [0.15, 0.2) is 30.5 Å². The van der Waals surface area contributed by atoms with Gasteiger partial charge in [0, 0.05) is 6.20 Å². The number of carboxylic acid groups (broad SMARTS) is 1. The van der Waals surface area contributed by atoms with Gasteiger partial charge in [-0.15, -0.1) is 0 Å². The van der Waals surface area contributed by atoms with E-state index in [4.69, 9.17) is 5.11 Å². The largest absolute Gasteiger partial charge is 0.478 e. The summed E-state index contributed by atoms with van der Waals surface area (Å²) in [5.74, 6) is -0.890. The summed E-state index contributed by atoms with van der Waals surface area (Å²) in [5.41, 5.74) is 2.08. The predicted octanol–water partition coefficient (Wildman–Crippen LogP) is 2.82. The second-order valence-electron chi connectivity index (χ2n) is 3.16. The second kappa shape index (κ2) is 3.82. The molecule has 1 heterocycles. The number of aromatic nitrogens is 1. The first kappa shape index (κ1) is 9.86. The molecule has 3 nitrogen and oxygen atoms in total. The van der Waals surface area contributed by atoms with Gasteiger partial charge in [0.2, 0.25) is 0 Å². The first-order valence-corrected chi connectivity index (χ1v) is 5.21. The Morgan fingerprint density at radius 3 is 2.80 bits per heavy atom. The number of nitrogens with zero attached hydrogens (tertiary/aromatic N) is 1. The van der Waals surface area contributed by atoms with Gasteiger partial charge >= 0.3 is 5.97 Å². The molecule has 1 N–H and O–H groups in total. The molecule has 0 aliphatic heterocycles. The zero-order valence-electron chi connectivity index (χ0n) is 8.10. The van der Waals surface area contributed by atoms with Crippen molar-refractivity contribution in [1.29, 1.82) is 0 Å². The third-order valence-electron chi connectivity index (χ3n) is 2.27. The lowest BCUT2D eigenvalue weighted by molar-refractivity contribution is 0.0696. The van der Waals surface area contributed by atoms with E-state index in [-0.39, 0.29) is 0 Å². The molecule has 0 saturated heterocycles. The molecule has 0 unspecified atom stereocenters. The van der Waals surface area contributed by atoms with E-state index in [1.54, 1.807) is 18.3 Å². The fraction of sp³-hybridized carbons (Fsp3) is 0.0909. The van der Waals surface area contributed by atoms with Crippen molar-refractivity contribution in [2.24, 2.45) is 0 Å². The number of hydrogen-bond acceptors (Lipinski definition) is 3. The summed E-state index contributed by atoms with van der Waals surface area (Å²) >= 11 is 1.37. The van der Waals surface area contributed by atoms with Crippen LogP contribution in [0, 0.1) is 6.92 Å². The fourth-order valence-corrected chi connectivity index (χ4v) is 2.17. The highest BCUT2D eigenvalue weighted by Gasteiger charge is 2.11. The van der Waals surface area contributed by atoms with Crippen LogP contribution in [0.4, 0.5) is 0 Å². The van der Waals surface area contributed by atoms with Crippen molar-refractivity contribution in [2.45, 2.75) is 6.92 Å². The van der Waals surface area contributed by atoms with Crippen LogP contribution in [0.3, 0.4) is 0 Å². The Bertz CT molecular complexity index is 491. The normalized spacial score (nSPS) is 10.2. The van der Waals surface area contributed by atoms with Crippen molar-refractivity contribution >= 4 is 17.5 Å². The van der Waals surface area contributed by atoms with Gasteiger partial charge in [0.1, 0.15) is 0 Å². The summed E-state index contributed by atoms with van der Waals surface area (Å²) in [5, 5.41) is 8.98. The van der Waals surface area contributed by atoms with Crippen molar-refractivity contribution in [3.63, 3.8) is 0 Å². The van der Waals surface area contributed by atoms with Crippen LogP contribution in [0.5, 0.6) is 0 Å². The Balaban J connectivity index is 2.59. The summed E-state index contributed by atoms with van der Waals surface area (Å²) < 4.78 is 4.01. The van der Waals surface area contributed by atoms with Crippen LogP contribution < -0.4 is 0 Å². The van der Waals surface area contributed by atoms with Crippen molar-refractivity contribution in [1.82, 2.24) is 4.37 Å². The third-order valence-corrected chi connectivity index (χ3v) is 3.05. The lowest BCUT2D eigenvalue weighted by Crippen LogP contribution is -2.00. The minimum absolute atomic E-state index is 0.348. The van der Waals surface area contributed by atoms with Gasteiger partial charge in [-0.1, -0.05) is 12.1 Å². The van der Waals surface area contributed by atoms with Gasteiger partial charge < -0.3 is 5.11 Å². The molecule has 76 valence electrons. The molecule has 0 radical (unpaired) electrons. The van der Waals surface area contributed by atoms with Crippen LogP contribution in [-0.2, 0) is 0 Å². The molecule has 1 aromatic carbocycles. The van der Waals surface area contributed by atoms with E-state index in [1.807, 2.05) is 19.1 Å². The molecule has 2 rings (SSSR count). The van der Waals surface area contributed by atoms with Crippen LogP contribution >= 0.6 is 11.5 Å². The molecular weight excluding hydrogens is 210 g/mol. The Kier molecular flexibility index (Phi) is 2.51. The molecule has 0 saturated carbocycles. The van der Waals surface area contributed by atoms with Gasteiger partial charge in [0.05, 0.1) is 10.4 Å². The summed E-state index contributed by atoms with van der Waals surface area (Å²) in [7, 11) is 0. The minimum atomic E-state index is -0.890. The van der Waals surface area contributed by atoms with E-state index in [9.17, 15) is 4.79 Å². The summed E-state index contributed by atoms with van der Waals surface area (Å²) in [6.07, 6.45) is 1.72. The molecule has 0 aliphatic rings. The van der Waals surface area contributed by atoms with E-state index < -0.39 is 5.97 Å². The summed E-state index contributed by atoms with van der Waals surface area (Å²) in [6.45, 7) is 1.82. The number of rotatable bonds is 2. The molecule has 0 spiro atoms. The number of aromatic carboxylic acids is 1. The monoisotopic (exact) mass is 219 g/mol. The lowest BCUT2D eigenvalue weighted by atomic mass is 10.0. The SMILES string of the molecule is Cc1c(C(=O)O)cccc1-c1ccns1. The zero-order valence-corrected chi connectivity index (χ0v) is 8.91. The molecule has 0 amide bonds. The summed E-state index contributed by atoms with van der Waals surface area (Å²) in [6, 6.07) is 7.17. The summed E-state index contributed by atoms with van der Waals surface area (Å²) in [4.78, 5) is 11.9. The first-order valence-electron chi connectivity index (χ1n) is 4.44. The Hall–Kier alpha value is -1.68. The fourth-order valence-electron chi connectivity index (χ4n) is 1.49. The van der Waals surface area contributed by atoms with Crippen molar-refractivity contribution in [3.05, 3.63) is 41.6 Å². The minimum Gasteiger partial charge on any atom is -0.478 e. The zero-order chi connectivity index (χ0) is 10.8. The smallest absolute Gasteiger partial charge is 0.335 e. The maximum absolute atomic E-state index is 10.9. The molecule has 4 heteroatoms. The highest BCUT2D eigenvalue weighted by atomic mass is 32.1. The molecule has 0 fully saturated rings. The topological polar surface area (TPSA) is 50.2 Å². The van der Waals surface area contributed by atoms with Gasteiger partial charge in [-0.05, 0) is 41.7 Å². The number of hydrogen-bond donors (Lipinski definition) is 1. The molecule has 0 aliphatic carbocycles. The quantitative estimate of drug-likeness (QED) is 0.844. The molecule has 15 heavy (non-hydrogen) atoms. The molecular formula is C11H9NO2S. The van der Waals surface area contributed by atoms with Crippen molar-refractivity contribution in [3.8, 4) is 10.4 Å². The van der Waals surface area contributed by atoms with Crippen LogP contribution in [0.25, 0.3) is 10.4 Å². The molecule has 1 aromatic heterocycles. The molecule has 0 atom stereocenters. The highest BCUT2D eigenvalue weighted by Crippen LogP contribution is 2.28. The lowest BCUT2D eigenvalue weighted by Gasteiger charge is -2.05. The number of carboxylic acids is 1. The van der Waals surface area contributed by atoms with E-state index in [2.05, 4.69) is 4.37 Å². The Labute approximate surface area is 91.2 Å². The van der Waals surface area contributed by atoms with E-state index in [1.165, 1.54) is 11.5 Å². The average molecular weight is 219 g/mol.